The predicted molar refractivity (Wildman–Crippen MR) is 113 cm³/mol. The lowest BCUT2D eigenvalue weighted by Gasteiger charge is -2.41. The highest BCUT2D eigenvalue weighted by molar-refractivity contribution is 5.36. The van der Waals surface area contributed by atoms with Gasteiger partial charge in [0.15, 0.2) is 0 Å². The minimum Gasteiger partial charge on any atom is -0.496 e. The van der Waals surface area contributed by atoms with E-state index in [-0.39, 0.29) is 6.61 Å². The van der Waals surface area contributed by atoms with E-state index in [9.17, 15) is 5.11 Å². The van der Waals surface area contributed by atoms with Crippen molar-refractivity contribution in [3.05, 3.63) is 65.2 Å². The van der Waals surface area contributed by atoms with Gasteiger partial charge in [0.1, 0.15) is 5.75 Å². The Labute approximate surface area is 168 Å². The number of ether oxygens (including phenoxy) is 1. The molecule has 0 saturated carbocycles. The van der Waals surface area contributed by atoms with E-state index in [1.54, 1.807) is 7.11 Å². The van der Waals surface area contributed by atoms with Crippen LogP contribution < -0.4 is 4.74 Å². The minimum absolute atomic E-state index is 0.215. The van der Waals surface area contributed by atoms with Crippen LogP contribution >= 0.6 is 0 Å². The van der Waals surface area contributed by atoms with Gasteiger partial charge in [-0.2, -0.15) is 0 Å². The summed E-state index contributed by atoms with van der Waals surface area (Å²) in [6.07, 6.45) is 0.789. The third-order valence-electron chi connectivity index (χ3n) is 5.31. The molecule has 28 heavy (non-hydrogen) atoms. The summed E-state index contributed by atoms with van der Waals surface area (Å²) in [5.41, 5.74) is 3.51. The Morgan fingerprint density at radius 3 is 2.68 bits per heavy atom. The Kier molecular flexibility index (Phi) is 7.50. The van der Waals surface area contributed by atoms with Gasteiger partial charge in [-0.3, -0.25) is 9.80 Å². The molecule has 0 spiro atoms. The van der Waals surface area contributed by atoms with Gasteiger partial charge in [0.25, 0.3) is 0 Å². The molecule has 148 valence electrons. The fourth-order valence-corrected chi connectivity index (χ4v) is 3.78. The molecule has 2 aromatic carbocycles. The first-order chi connectivity index (χ1) is 13.7. The van der Waals surface area contributed by atoms with Gasteiger partial charge in [0.05, 0.1) is 13.7 Å². The topological polar surface area (TPSA) is 35.9 Å². The van der Waals surface area contributed by atoms with Crippen LogP contribution in [0, 0.1) is 18.8 Å². The SMILES string of the molecule is COc1ccc(CN2CCN(CC#Cc3ccccc3)C[C@H]2CCO)cc1C. The maximum Gasteiger partial charge on any atom is 0.121 e. The van der Waals surface area contributed by atoms with Crippen LogP contribution in [0.2, 0.25) is 0 Å². The van der Waals surface area contributed by atoms with Gasteiger partial charge in [0, 0.05) is 44.4 Å². The highest BCUT2D eigenvalue weighted by Gasteiger charge is 2.26. The number of aliphatic hydroxyl groups is 1. The van der Waals surface area contributed by atoms with Crippen LogP contribution in [-0.4, -0.2) is 60.8 Å². The van der Waals surface area contributed by atoms with Crippen molar-refractivity contribution in [2.45, 2.75) is 25.9 Å². The summed E-state index contributed by atoms with van der Waals surface area (Å²) >= 11 is 0. The van der Waals surface area contributed by atoms with Crippen molar-refractivity contribution < 1.29 is 9.84 Å². The molecule has 1 aliphatic heterocycles. The summed E-state index contributed by atoms with van der Waals surface area (Å²) in [7, 11) is 1.71. The molecule has 1 atom stereocenters. The average Bonchev–Trinajstić information content (AvgIpc) is 2.71. The lowest BCUT2D eigenvalue weighted by atomic mass is 10.1. The van der Waals surface area contributed by atoms with Crippen molar-refractivity contribution in [1.82, 2.24) is 9.80 Å². The van der Waals surface area contributed by atoms with E-state index < -0.39 is 0 Å². The Balaban J connectivity index is 1.59. The van der Waals surface area contributed by atoms with Crippen LogP contribution in [0.1, 0.15) is 23.1 Å². The molecule has 1 saturated heterocycles. The third kappa shape index (κ3) is 5.59. The van der Waals surface area contributed by atoms with E-state index >= 15 is 0 Å². The molecule has 4 heteroatoms. The Hall–Kier alpha value is -2.32. The average molecular weight is 379 g/mol. The molecule has 4 nitrogen and oxygen atoms in total. The molecule has 1 fully saturated rings. The molecular weight excluding hydrogens is 348 g/mol. The highest BCUT2D eigenvalue weighted by Crippen LogP contribution is 2.22. The molecule has 0 aliphatic carbocycles. The van der Waals surface area contributed by atoms with Crippen LogP contribution in [0.25, 0.3) is 0 Å². The van der Waals surface area contributed by atoms with E-state index in [0.29, 0.717) is 6.04 Å². The smallest absolute Gasteiger partial charge is 0.121 e. The van der Waals surface area contributed by atoms with E-state index in [1.165, 1.54) is 5.56 Å². The molecule has 1 aliphatic rings. The Morgan fingerprint density at radius 1 is 1.14 bits per heavy atom. The third-order valence-corrected chi connectivity index (χ3v) is 5.31. The summed E-state index contributed by atoms with van der Waals surface area (Å²) in [6, 6.07) is 16.8. The molecule has 1 N–H and O–H groups in total. The first kappa shape index (κ1) is 20.4. The van der Waals surface area contributed by atoms with E-state index in [2.05, 4.69) is 40.7 Å². The van der Waals surface area contributed by atoms with Gasteiger partial charge in [-0.1, -0.05) is 42.2 Å². The number of methoxy groups -OCH3 is 1. The fourth-order valence-electron chi connectivity index (χ4n) is 3.78. The molecule has 2 aromatic rings. The van der Waals surface area contributed by atoms with Gasteiger partial charge in [0.2, 0.25) is 0 Å². The summed E-state index contributed by atoms with van der Waals surface area (Å²) in [4.78, 5) is 4.88. The number of hydrogen-bond donors (Lipinski definition) is 1. The first-order valence-corrected chi connectivity index (χ1v) is 9.94. The number of nitrogens with zero attached hydrogens (tertiary/aromatic N) is 2. The number of benzene rings is 2. The zero-order valence-corrected chi connectivity index (χ0v) is 16.9. The number of aliphatic hydroxyl groups excluding tert-OH is 1. The molecule has 0 bridgehead atoms. The normalized spacial score (nSPS) is 17.8. The molecule has 0 unspecified atom stereocenters. The molecule has 1 heterocycles. The predicted octanol–water partition coefficient (Wildman–Crippen LogP) is 2.92. The van der Waals surface area contributed by atoms with Gasteiger partial charge in [-0.15, -0.1) is 0 Å². The zero-order valence-electron chi connectivity index (χ0n) is 16.9. The van der Waals surface area contributed by atoms with Crippen LogP contribution in [0.15, 0.2) is 48.5 Å². The summed E-state index contributed by atoms with van der Waals surface area (Å²) in [5.74, 6) is 7.47. The molecule has 0 aromatic heterocycles. The maximum absolute atomic E-state index is 9.54. The first-order valence-electron chi connectivity index (χ1n) is 9.94. The number of aryl methyl sites for hydroxylation is 1. The monoisotopic (exact) mass is 378 g/mol. The quantitative estimate of drug-likeness (QED) is 0.784. The maximum atomic E-state index is 9.54. The van der Waals surface area contributed by atoms with Crippen molar-refractivity contribution in [2.75, 3.05) is 39.9 Å². The van der Waals surface area contributed by atoms with E-state index in [0.717, 1.165) is 56.0 Å². The van der Waals surface area contributed by atoms with Crippen LogP contribution in [0.5, 0.6) is 5.75 Å². The number of piperazine rings is 1. The minimum atomic E-state index is 0.215. The molecule has 0 radical (unpaired) electrons. The van der Waals surface area contributed by atoms with Gasteiger partial charge in [-0.25, -0.2) is 0 Å². The van der Waals surface area contributed by atoms with E-state index in [1.807, 2.05) is 36.4 Å². The summed E-state index contributed by atoms with van der Waals surface area (Å²) in [6.45, 7) is 6.90. The molecule has 3 rings (SSSR count). The second kappa shape index (κ2) is 10.3. The van der Waals surface area contributed by atoms with Crippen LogP contribution in [0.4, 0.5) is 0 Å². The zero-order chi connectivity index (χ0) is 19.8. The largest absolute Gasteiger partial charge is 0.496 e. The van der Waals surface area contributed by atoms with Gasteiger partial charge >= 0.3 is 0 Å². The van der Waals surface area contributed by atoms with E-state index in [4.69, 9.17) is 4.74 Å². The number of rotatable bonds is 6. The van der Waals surface area contributed by atoms with Crippen LogP contribution in [-0.2, 0) is 6.54 Å². The second-order valence-electron chi connectivity index (χ2n) is 7.34. The lowest BCUT2D eigenvalue weighted by Crippen LogP contribution is -2.52. The van der Waals surface area contributed by atoms with Crippen molar-refractivity contribution in [3.8, 4) is 17.6 Å². The number of hydrogen-bond acceptors (Lipinski definition) is 4. The fraction of sp³-hybridized carbons (Fsp3) is 0.417. The Bertz CT molecular complexity index is 810. The van der Waals surface area contributed by atoms with Crippen molar-refractivity contribution in [2.24, 2.45) is 0 Å². The summed E-state index contributed by atoms with van der Waals surface area (Å²) < 4.78 is 5.37. The lowest BCUT2D eigenvalue weighted by molar-refractivity contribution is 0.0605. The standard InChI is InChI=1S/C24H30N2O2/c1-20-17-22(10-11-24(20)28-2)18-26-15-14-25(19-23(26)12-16-27)13-6-9-21-7-4-3-5-8-21/h3-5,7-8,10-11,17,23,27H,12-16,18-19H2,1-2H3/t23-/m1/s1. The van der Waals surface area contributed by atoms with Gasteiger partial charge < -0.3 is 9.84 Å². The van der Waals surface area contributed by atoms with Crippen LogP contribution in [0.3, 0.4) is 0 Å². The van der Waals surface area contributed by atoms with Crippen molar-refractivity contribution in [3.63, 3.8) is 0 Å². The van der Waals surface area contributed by atoms with Crippen molar-refractivity contribution >= 4 is 0 Å². The summed E-state index contributed by atoms with van der Waals surface area (Å²) in [5, 5.41) is 9.54. The molecular formula is C24H30N2O2. The highest BCUT2D eigenvalue weighted by atomic mass is 16.5. The van der Waals surface area contributed by atoms with Gasteiger partial charge in [-0.05, 0) is 42.7 Å². The molecule has 0 amide bonds. The second-order valence-corrected chi connectivity index (χ2v) is 7.34. The Morgan fingerprint density at radius 2 is 1.96 bits per heavy atom. The van der Waals surface area contributed by atoms with Crippen molar-refractivity contribution in [1.29, 1.82) is 0 Å².